The third-order valence-corrected chi connectivity index (χ3v) is 1.75. The largest absolute Gasteiger partial charge is 0.379 e. The van der Waals surface area contributed by atoms with Gasteiger partial charge in [0.25, 0.3) is 0 Å². The molecule has 0 aliphatic rings. The van der Waals surface area contributed by atoms with Crippen LogP contribution in [-0.2, 0) is 9.53 Å². The molecule has 2 atom stereocenters. The van der Waals surface area contributed by atoms with E-state index in [1.165, 1.54) is 0 Å². The average Bonchev–Trinajstić information content (AvgIpc) is 2.09. The van der Waals surface area contributed by atoms with Crippen LogP contribution in [0.4, 0.5) is 0 Å². The summed E-state index contributed by atoms with van der Waals surface area (Å²) in [5, 5.41) is 2.67. The summed E-state index contributed by atoms with van der Waals surface area (Å²) >= 11 is 0. The fraction of sp³-hybridized carbons (Fsp3) is 0.900. The molecule has 0 heterocycles. The quantitative estimate of drug-likeness (QED) is 0.670. The molecule has 1 amide bonds. The van der Waals surface area contributed by atoms with Crippen LogP contribution in [0.3, 0.4) is 0 Å². The Morgan fingerprint density at radius 3 is 1.92 bits per heavy atom. The van der Waals surface area contributed by atoms with Crippen LogP contribution in [0.25, 0.3) is 0 Å². The van der Waals surface area contributed by atoms with Crippen molar-refractivity contribution < 1.29 is 9.53 Å². The number of nitrogens with one attached hydrogen (secondary N) is 1. The van der Waals surface area contributed by atoms with Crippen LogP contribution in [0.1, 0.15) is 34.6 Å². The smallest absolute Gasteiger partial charge is 0.207 e. The lowest BCUT2D eigenvalue weighted by molar-refractivity contribution is -0.111. The molecule has 0 bridgehead atoms. The van der Waals surface area contributed by atoms with Crippen LogP contribution >= 0.6 is 0 Å². The predicted octanol–water partition coefficient (Wildman–Crippen LogP) is 1.82. The third kappa shape index (κ3) is 6.58. The Balaban J connectivity index is 0. The average molecular weight is 189 g/mol. The fourth-order valence-electron chi connectivity index (χ4n) is 1.26. The first-order valence-corrected chi connectivity index (χ1v) is 4.86. The van der Waals surface area contributed by atoms with Crippen LogP contribution in [0, 0.1) is 5.92 Å². The molecule has 0 aliphatic heterocycles. The normalized spacial score (nSPS) is 14.1. The Bertz CT molecular complexity index is 115. The van der Waals surface area contributed by atoms with Crippen LogP contribution in [0.5, 0.6) is 0 Å². The zero-order chi connectivity index (χ0) is 10.9. The third-order valence-electron chi connectivity index (χ3n) is 1.75. The van der Waals surface area contributed by atoms with Crippen molar-refractivity contribution in [2.24, 2.45) is 5.92 Å². The second-order valence-corrected chi connectivity index (χ2v) is 3.02. The van der Waals surface area contributed by atoms with Gasteiger partial charge >= 0.3 is 0 Å². The lowest BCUT2D eigenvalue weighted by atomic mass is 10.0. The van der Waals surface area contributed by atoms with Gasteiger partial charge in [-0.1, -0.05) is 27.7 Å². The number of amides is 1. The van der Waals surface area contributed by atoms with Crippen molar-refractivity contribution >= 4 is 6.41 Å². The van der Waals surface area contributed by atoms with Gasteiger partial charge in [0.1, 0.15) is 0 Å². The standard InChI is InChI=1S/C8H17NO2.C2H6/c1-6(2)8(11-4)7(3)9-5-10;1-2/h5-8H,1-4H3,(H,9,10);1-2H3. The second-order valence-electron chi connectivity index (χ2n) is 3.02. The molecule has 0 aliphatic carbocycles. The summed E-state index contributed by atoms with van der Waals surface area (Å²) in [6.45, 7) is 10.1. The maximum absolute atomic E-state index is 10.1. The van der Waals surface area contributed by atoms with E-state index in [9.17, 15) is 4.79 Å². The van der Waals surface area contributed by atoms with Crippen LogP contribution in [-0.4, -0.2) is 25.7 Å². The molecule has 0 spiro atoms. The molecule has 1 N–H and O–H groups in total. The molecule has 0 rings (SSSR count). The summed E-state index contributed by atoms with van der Waals surface area (Å²) in [6.07, 6.45) is 0.805. The zero-order valence-corrected chi connectivity index (χ0v) is 9.63. The van der Waals surface area contributed by atoms with Crippen LogP contribution in [0.2, 0.25) is 0 Å². The van der Waals surface area contributed by atoms with E-state index in [1.54, 1.807) is 7.11 Å². The minimum absolute atomic E-state index is 0.0810. The van der Waals surface area contributed by atoms with Crippen LogP contribution < -0.4 is 5.32 Å². The number of carbonyl (C=O) groups is 1. The van der Waals surface area contributed by atoms with Gasteiger partial charge in [-0.3, -0.25) is 4.79 Å². The van der Waals surface area contributed by atoms with Gasteiger partial charge in [-0.15, -0.1) is 0 Å². The van der Waals surface area contributed by atoms with Crippen molar-refractivity contribution in [2.45, 2.75) is 46.8 Å². The molecule has 3 nitrogen and oxygen atoms in total. The van der Waals surface area contributed by atoms with Gasteiger partial charge in [-0.2, -0.15) is 0 Å². The van der Waals surface area contributed by atoms with Gasteiger partial charge in [0, 0.05) is 7.11 Å². The molecule has 2 unspecified atom stereocenters. The van der Waals surface area contributed by atoms with E-state index in [-0.39, 0.29) is 12.1 Å². The van der Waals surface area contributed by atoms with E-state index in [0.29, 0.717) is 12.3 Å². The highest BCUT2D eigenvalue weighted by molar-refractivity contribution is 5.46. The molecule has 13 heavy (non-hydrogen) atoms. The number of hydrogen-bond donors (Lipinski definition) is 1. The van der Waals surface area contributed by atoms with Crippen LogP contribution in [0.15, 0.2) is 0 Å². The Labute approximate surface area is 81.9 Å². The van der Waals surface area contributed by atoms with Crippen molar-refractivity contribution in [2.75, 3.05) is 7.11 Å². The van der Waals surface area contributed by atoms with E-state index in [1.807, 2.05) is 20.8 Å². The molecular formula is C10H23NO2. The molecule has 0 radical (unpaired) electrons. The SMILES string of the molecule is CC.COC(C(C)C)C(C)NC=O. The van der Waals surface area contributed by atoms with E-state index >= 15 is 0 Å². The molecular weight excluding hydrogens is 166 g/mol. The summed E-state index contributed by atoms with van der Waals surface area (Å²) in [5.74, 6) is 0.419. The van der Waals surface area contributed by atoms with E-state index in [4.69, 9.17) is 4.74 Å². The van der Waals surface area contributed by atoms with Crippen molar-refractivity contribution in [3.8, 4) is 0 Å². The number of carbonyl (C=O) groups excluding carboxylic acids is 1. The molecule has 80 valence electrons. The van der Waals surface area contributed by atoms with Gasteiger partial charge in [0.05, 0.1) is 12.1 Å². The molecule has 0 aromatic heterocycles. The number of ether oxygens (including phenoxy) is 1. The van der Waals surface area contributed by atoms with Gasteiger partial charge in [-0.25, -0.2) is 0 Å². The van der Waals surface area contributed by atoms with E-state index < -0.39 is 0 Å². The lowest BCUT2D eigenvalue weighted by Gasteiger charge is -2.25. The zero-order valence-electron chi connectivity index (χ0n) is 9.63. The van der Waals surface area contributed by atoms with Gasteiger partial charge < -0.3 is 10.1 Å². The molecule has 0 fully saturated rings. The number of methoxy groups -OCH3 is 1. The molecule has 0 aromatic carbocycles. The van der Waals surface area contributed by atoms with Gasteiger partial charge in [0.15, 0.2) is 0 Å². The maximum Gasteiger partial charge on any atom is 0.207 e. The summed E-state index contributed by atoms with van der Waals surface area (Å²) in [6, 6.07) is 0.0810. The summed E-state index contributed by atoms with van der Waals surface area (Å²) in [4.78, 5) is 10.1. The minimum atomic E-state index is 0.0810. The first kappa shape index (κ1) is 14.9. The maximum atomic E-state index is 10.1. The monoisotopic (exact) mass is 189 g/mol. The Morgan fingerprint density at radius 2 is 1.69 bits per heavy atom. The van der Waals surface area contributed by atoms with Crippen molar-refractivity contribution in [3.63, 3.8) is 0 Å². The first-order valence-electron chi connectivity index (χ1n) is 4.86. The number of rotatable bonds is 5. The second kappa shape index (κ2) is 9.52. The molecule has 3 heteroatoms. The Morgan fingerprint density at radius 1 is 1.23 bits per heavy atom. The highest BCUT2D eigenvalue weighted by Gasteiger charge is 2.18. The predicted molar refractivity (Wildman–Crippen MR) is 55.6 cm³/mol. The Hall–Kier alpha value is -0.570. The molecule has 0 saturated heterocycles. The minimum Gasteiger partial charge on any atom is -0.379 e. The molecule has 0 saturated carbocycles. The highest BCUT2D eigenvalue weighted by Crippen LogP contribution is 2.09. The topological polar surface area (TPSA) is 38.3 Å². The molecule has 0 aromatic rings. The van der Waals surface area contributed by atoms with Crippen molar-refractivity contribution in [1.82, 2.24) is 5.32 Å². The van der Waals surface area contributed by atoms with Crippen molar-refractivity contribution in [3.05, 3.63) is 0 Å². The summed E-state index contributed by atoms with van der Waals surface area (Å²) in [5.41, 5.74) is 0. The highest BCUT2D eigenvalue weighted by atomic mass is 16.5. The Kier molecular flexibility index (Phi) is 10.9. The summed E-state index contributed by atoms with van der Waals surface area (Å²) in [7, 11) is 1.66. The summed E-state index contributed by atoms with van der Waals surface area (Å²) < 4.78 is 5.20. The van der Waals surface area contributed by atoms with Crippen molar-refractivity contribution in [1.29, 1.82) is 0 Å². The fourth-order valence-corrected chi connectivity index (χ4v) is 1.26. The van der Waals surface area contributed by atoms with E-state index in [2.05, 4.69) is 19.2 Å². The lowest BCUT2D eigenvalue weighted by Crippen LogP contribution is -2.40. The van der Waals surface area contributed by atoms with Gasteiger partial charge in [-0.05, 0) is 12.8 Å². The van der Waals surface area contributed by atoms with Gasteiger partial charge in [0.2, 0.25) is 6.41 Å². The van der Waals surface area contributed by atoms with E-state index in [0.717, 1.165) is 0 Å². The first-order chi connectivity index (χ1) is 6.13. The number of hydrogen-bond acceptors (Lipinski definition) is 2.